The number of fused-ring (bicyclic) bond motifs is 1. The van der Waals surface area contributed by atoms with E-state index in [4.69, 9.17) is 0 Å². The lowest BCUT2D eigenvalue weighted by Crippen LogP contribution is -2.25. The molecule has 1 amide bonds. The van der Waals surface area contributed by atoms with E-state index in [-0.39, 0.29) is 16.8 Å². The number of hydrogen-bond acceptors (Lipinski definition) is 6. The number of hydrogen-bond donors (Lipinski definition) is 1. The Bertz CT molecular complexity index is 1660. The minimum atomic E-state index is -0.557. The lowest BCUT2D eigenvalue weighted by Gasteiger charge is -2.13. The molecule has 1 N–H and O–H groups in total. The van der Waals surface area contributed by atoms with E-state index in [2.05, 4.69) is 15.3 Å². The number of pyridine rings is 1. The molecule has 0 aliphatic rings. The predicted octanol–water partition coefficient (Wildman–Crippen LogP) is 4.53. The van der Waals surface area contributed by atoms with Crippen LogP contribution in [-0.2, 0) is 6.42 Å². The van der Waals surface area contributed by atoms with Gasteiger partial charge in [-0.2, -0.15) is 0 Å². The van der Waals surface area contributed by atoms with Crippen molar-refractivity contribution in [3.05, 3.63) is 134 Å². The summed E-state index contributed by atoms with van der Waals surface area (Å²) < 4.78 is 1.48. The summed E-state index contributed by atoms with van der Waals surface area (Å²) in [5, 5.41) is 13.8. The average Bonchev–Trinajstić information content (AvgIpc) is 2.90. The van der Waals surface area contributed by atoms with Gasteiger partial charge in [-0.05, 0) is 42.0 Å². The first-order chi connectivity index (χ1) is 17.5. The molecule has 0 aliphatic heterocycles. The molecule has 9 nitrogen and oxygen atoms in total. The summed E-state index contributed by atoms with van der Waals surface area (Å²) in [4.78, 5) is 45.7. The van der Waals surface area contributed by atoms with Gasteiger partial charge in [0.25, 0.3) is 17.2 Å². The second kappa shape index (κ2) is 9.59. The molecule has 0 aliphatic carbocycles. The Kier molecular flexibility index (Phi) is 6.02. The molecule has 0 atom stereocenters. The summed E-state index contributed by atoms with van der Waals surface area (Å²) in [7, 11) is 0. The van der Waals surface area contributed by atoms with E-state index in [1.807, 2.05) is 30.3 Å². The fourth-order valence-corrected chi connectivity index (χ4v) is 3.90. The standard InChI is InChI=1S/C27H19N5O4/c33-26(19-9-4-12-22(16-19)32(35)36)29-20-10-5-11-21(17-20)31-25-23(13-6-14-28-25)30-24(27(31)34)15-18-7-2-1-3-8-18/h1-14,16-17H,15H2,(H,29,33). The summed E-state index contributed by atoms with van der Waals surface area (Å²) in [6, 6.07) is 25.4. The molecule has 0 saturated heterocycles. The van der Waals surface area contributed by atoms with Gasteiger partial charge >= 0.3 is 0 Å². The molecular formula is C27H19N5O4. The first kappa shape index (κ1) is 22.6. The summed E-state index contributed by atoms with van der Waals surface area (Å²) in [6.07, 6.45) is 1.94. The van der Waals surface area contributed by atoms with Crippen LogP contribution in [0.25, 0.3) is 16.9 Å². The van der Waals surface area contributed by atoms with E-state index in [0.29, 0.717) is 34.7 Å². The summed E-state index contributed by atoms with van der Waals surface area (Å²) >= 11 is 0. The number of amides is 1. The van der Waals surface area contributed by atoms with Crippen molar-refractivity contribution in [2.24, 2.45) is 0 Å². The third-order valence-electron chi connectivity index (χ3n) is 5.58. The van der Waals surface area contributed by atoms with Gasteiger partial charge < -0.3 is 5.32 Å². The second-order valence-electron chi connectivity index (χ2n) is 8.02. The fourth-order valence-electron chi connectivity index (χ4n) is 3.90. The highest BCUT2D eigenvalue weighted by Crippen LogP contribution is 2.20. The molecule has 9 heteroatoms. The van der Waals surface area contributed by atoms with Crippen molar-refractivity contribution in [2.45, 2.75) is 6.42 Å². The van der Waals surface area contributed by atoms with Crippen molar-refractivity contribution in [2.75, 3.05) is 5.32 Å². The number of rotatable bonds is 6. The molecular weight excluding hydrogens is 458 g/mol. The highest BCUT2D eigenvalue weighted by atomic mass is 16.6. The maximum absolute atomic E-state index is 13.6. The quantitative estimate of drug-likeness (QED) is 0.283. The van der Waals surface area contributed by atoms with Gasteiger partial charge in [0, 0.05) is 36.0 Å². The van der Waals surface area contributed by atoms with E-state index in [9.17, 15) is 19.7 Å². The van der Waals surface area contributed by atoms with Crippen LogP contribution in [0.3, 0.4) is 0 Å². The summed E-state index contributed by atoms with van der Waals surface area (Å²) in [5.74, 6) is -0.509. The SMILES string of the molecule is O=C(Nc1cccc(-n2c(=O)c(Cc3ccccc3)nc3cccnc32)c1)c1cccc([N+](=O)[O-])c1. The van der Waals surface area contributed by atoms with Crippen LogP contribution < -0.4 is 10.9 Å². The molecule has 0 saturated carbocycles. The van der Waals surface area contributed by atoms with Crippen LogP contribution in [0.4, 0.5) is 11.4 Å². The highest BCUT2D eigenvalue weighted by Gasteiger charge is 2.16. The van der Waals surface area contributed by atoms with Gasteiger partial charge in [-0.1, -0.05) is 42.5 Å². The zero-order valence-electron chi connectivity index (χ0n) is 18.9. The van der Waals surface area contributed by atoms with E-state index < -0.39 is 10.8 Å². The minimum Gasteiger partial charge on any atom is -0.322 e. The number of carbonyl (C=O) groups is 1. The number of nitrogens with one attached hydrogen (secondary N) is 1. The van der Waals surface area contributed by atoms with Crippen molar-refractivity contribution in [1.82, 2.24) is 14.5 Å². The number of aromatic nitrogens is 3. The van der Waals surface area contributed by atoms with Gasteiger partial charge in [0.05, 0.1) is 10.6 Å². The number of anilines is 1. The maximum atomic E-state index is 13.6. The Hall–Kier alpha value is -5.18. The molecule has 2 heterocycles. The van der Waals surface area contributed by atoms with E-state index in [1.54, 1.807) is 42.6 Å². The van der Waals surface area contributed by atoms with Crippen LogP contribution >= 0.6 is 0 Å². The third kappa shape index (κ3) is 4.58. The van der Waals surface area contributed by atoms with E-state index in [0.717, 1.165) is 5.56 Å². The van der Waals surface area contributed by atoms with Crippen LogP contribution in [-0.4, -0.2) is 25.4 Å². The van der Waals surface area contributed by atoms with Gasteiger partial charge in [-0.15, -0.1) is 0 Å². The molecule has 2 aromatic heterocycles. The highest BCUT2D eigenvalue weighted by molar-refractivity contribution is 6.04. The van der Waals surface area contributed by atoms with Crippen molar-refractivity contribution < 1.29 is 9.72 Å². The summed E-state index contributed by atoms with van der Waals surface area (Å²) in [6.45, 7) is 0. The molecule has 36 heavy (non-hydrogen) atoms. The second-order valence-corrected chi connectivity index (χ2v) is 8.02. The van der Waals surface area contributed by atoms with Crippen LogP contribution in [0.2, 0.25) is 0 Å². The minimum absolute atomic E-state index is 0.146. The number of benzene rings is 3. The van der Waals surface area contributed by atoms with Crippen LogP contribution in [0.1, 0.15) is 21.6 Å². The Balaban J connectivity index is 1.54. The Morgan fingerprint density at radius 2 is 1.75 bits per heavy atom. The van der Waals surface area contributed by atoms with Gasteiger partial charge in [-0.3, -0.25) is 24.3 Å². The van der Waals surface area contributed by atoms with Crippen molar-refractivity contribution in [1.29, 1.82) is 0 Å². The first-order valence-electron chi connectivity index (χ1n) is 11.1. The van der Waals surface area contributed by atoms with Crippen LogP contribution in [0, 0.1) is 10.1 Å². The molecule has 5 rings (SSSR count). The van der Waals surface area contributed by atoms with Crippen LogP contribution in [0.15, 0.2) is 102 Å². The Morgan fingerprint density at radius 1 is 0.944 bits per heavy atom. The predicted molar refractivity (Wildman–Crippen MR) is 135 cm³/mol. The summed E-state index contributed by atoms with van der Waals surface area (Å²) in [5.41, 5.74) is 2.85. The van der Waals surface area contributed by atoms with Crippen molar-refractivity contribution in [3.63, 3.8) is 0 Å². The molecule has 0 fully saturated rings. The molecule has 0 bridgehead atoms. The number of nitro benzene ring substituents is 1. The third-order valence-corrected chi connectivity index (χ3v) is 5.58. The Labute approximate surface area is 204 Å². The molecule has 0 spiro atoms. The van der Waals surface area contributed by atoms with Gasteiger partial charge in [0.15, 0.2) is 5.65 Å². The van der Waals surface area contributed by atoms with Crippen LogP contribution in [0.5, 0.6) is 0 Å². The van der Waals surface area contributed by atoms with E-state index in [1.165, 1.54) is 28.8 Å². The lowest BCUT2D eigenvalue weighted by molar-refractivity contribution is -0.384. The molecule has 3 aromatic carbocycles. The van der Waals surface area contributed by atoms with Crippen molar-refractivity contribution in [3.8, 4) is 5.69 Å². The molecule has 5 aromatic rings. The smallest absolute Gasteiger partial charge is 0.278 e. The zero-order chi connectivity index (χ0) is 25.1. The lowest BCUT2D eigenvalue weighted by atomic mass is 10.1. The molecule has 0 radical (unpaired) electrons. The monoisotopic (exact) mass is 477 g/mol. The van der Waals surface area contributed by atoms with Gasteiger partial charge in [0.2, 0.25) is 0 Å². The molecule has 0 unspecified atom stereocenters. The maximum Gasteiger partial charge on any atom is 0.278 e. The largest absolute Gasteiger partial charge is 0.322 e. The number of nitro groups is 1. The van der Waals surface area contributed by atoms with Gasteiger partial charge in [-0.25, -0.2) is 9.97 Å². The Morgan fingerprint density at radius 3 is 2.56 bits per heavy atom. The zero-order valence-corrected chi connectivity index (χ0v) is 18.9. The average molecular weight is 477 g/mol. The first-order valence-corrected chi connectivity index (χ1v) is 11.1. The van der Waals surface area contributed by atoms with Gasteiger partial charge in [0.1, 0.15) is 11.2 Å². The molecule has 176 valence electrons. The van der Waals surface area contributed by atoms with E-state index >= 15 is 0 Å². The number of non-ortho nitro benzene ring substituents is 1. The number of carbonyl (C=O) groups excluding carboxylic acids is 1. The number of nitrogens with zero attached hydrogens (tertiary/aromatic N) is 4. The fraction of sp³-hybridized carbons (Fsp3) is 0.0370. The normalized spacial score (nSPS) is 10.8. The topological polar surface area (TPSA) is 120 Å². The van der Waals surface area contributed by atoms with Crippen molar-refractivity contribution >= 4 is 28.4 Å².